The fraction of sp³-hybridized carbons (Fsp3) is 0.0909. The van der Waals surface area contributed by atoms with Gasteiger partial charge >= 0.3 is 0 Å². The Morgan fingerprint density at radius 2 is 1.86 bits per heavy atom. The zero-order valence-corrected chi connectivity index (χ0v) is 18.1. The highest BCUT2D eigenvalue weighted by molar-refractivity contribution is 8.18. The van der Waals surface area contributed by atoms with Crippen molar-refractivity contribution in [1.82, 2.24) is 5.32 Å². The number of carbonyl (C=O) groups excluding carboxylic acids is 1. The lowest BCUT2D eigenvalue weighted by atomic mass is 10.1. The zero-order chi connectivity index (χ0) is 20.4. The molecule has 1 aliphatic rings. The molecule has 0 spiro atoms. The Morgan fingerprint density at radius 1 is 1.07 bits per heavy atom. The fourth-order valence-electron chi connectivity index (χ4n) is 2.61. The number of rotatable bonds is 4. The lowest BCUT2D eigenvalue weighted by Crippen LogP contribution is -2.19. The van der Waals surface area contributed by atoms with Gasteiger partial charge in [-0.25, -0.2) is 4.99 Å². The third-order valence-corrected chi connectivity index (χ3v) is 6.37. The first-order valence-corrected chi connectivity index (χ1v) is 10.9. The Hall–Kier alpha value is -2.41. The minimum Gasteiger partial charge on any atom is -0.450 e. The third kappa shape index (κ3) is 4.96. The van der Waals surface area contributed by atoms with Crippen LogP contribution in [0.4, 0.5) is 5.69 Å². The number of nitrogens with one attached hydrogen (secondary N) is 1. The van der Waals surface area contributed by atoms with Crippen LogP contribution >= 0.6 is 35.1 Å². The van der Waals surface area contributed by atoms with Crippen LogP contribution in [0.15, 0.2) is 78.9 Å². The van der Waals surface area contributed by atoms with E-state index in [4.69, 9.17) is 16.0 Å². The van der Waals surface area contributed by atoms with Gasteiger partial charge in [-0.3, -0.25) is 4.79 Å². The number of furan rings is 1. The van der Waals surface area contributed by atoms with Crippen LogP contribution in [0.1, 0.15) is 16.9 Å². The van der Waals surface area contributed by atoms with E-state index in [9.17, 15) is 4.79 Å². The van der Waals surface area contributed by atoms with Gasteiger partial charge in [0.05, 0.1) is 10.6 Å². The number of thioether (sulfide) groups is 1. The van der Waals surface area contributed by atoms with E-state index in [0.29, 0.717) is 20.9 Å². The molecule has 0 aliphatic carbocycles. The number of halogens is 1. The van der Waals surface area contributed by atoms with Gasteiger partial charge in [0.25, 0.3) is 5.91 Å². The number of aryl methyl sites for hydroxylation is 2. The number of amides is 1. The molecule has 1 aromatic heterocycles. The fourth-order valence-corrected chi connectivity index (χ4v) is 4.33. The highest BCUT2D eigenvalue weighted by atomic mass is 35.5. The SMILES string of the molecule is Cc1ccc(N=C2NC(=O)/C(=C\c3ccc(Sc4ccc(Cl)cc4)o3)S2)cc1C. The molecule has 4 rings (SSSR count). The maximum absolute atomic E-state index is 12.3. The minimum atomic E-state index is -0.180. The largest absolute Gasteiger partial charge is 0.450 e. The number of hydrogen-bond acceptors (Lipinski definition) is 5. The van der Waals surface area contributed by atoms with Gasteiger partial charge in [0.15, 0.2) is 10.3 Å². The van der Waals surface area contributed by atoms with Gasteiger partial charge in [0, 0.05) is 16.0 Å². The van der Waals surface area contributed by atoms with Crippen LogP contribution in [-0.4, -0.2) is 11.1 Å². The number of nitrogens with zero attached hydrogens (tertiary/aromatic N) is 1. The predicted octanol–water partition coefficient (Wildman–Crippen LogP) is 6.59. The predicted molar refractivity (Wildman–Crippen MR) is 121 cm³/mol. The van der Waals surface area contributed by atoms with Crippen molar-refractivity contribution < 1.29 is 9.21 Å². The summed E-state index contributed by atoms with van der Waals surface area (Å²) in [7, 11) is 0. The van der Waals surface area contributed by atoms with E-state index in [0.717, 1.165) is 15.7 Å². The van der Waals surface area contributed by atoms with Crippen molar-refractivity contribution in [2.24, 2.45) is 4.99 Å². The summed E-state index contributed by atoms with van der Waals surface area (Å²) in [5.74, 6) is 0.437. The molecule has 4 nitrogen and oxygen atoms in total. The van der Waals surface area contributed by atoms with Crippen LogP contribution in [0, 0.1) is 13.8 Å². The number of carbonyl (C=O) groups is 1. The minimum absolute atomic E-state index is 0.180. The lowest BCUT2D eigenvalue weighted by molar-refractivity contribution is -0.115. The van der Waals surface area contributed by atoms with Crippen molar-refractivity contribution in [3.05, 3.63) is 81.4 Å². The van der Waals surface area contributed by atoms with Gasteiger partial charge in [-0.2, -0.15) is 0 Å². The highest BCUT2D eigenvalue weighted by Gasteiger charge is 2.24. The van der Waals surface area contributed by atoms with E-state index >= 15 is 0 Å². The van der Waals surface area contributed by atoms with Crippen molar-refractivity contribution in [2.75, 3.05) is 0 Å². The highest BCUT2D eigenvalue weighted by Crippen LogP contribution is 2.33. The second-order valence-corrected chi connectivity index (χ2v) is 9.01. The summed E-state index contributed by atoms with van der Waals surface area (Å²) >= 11 is 8.71. The van der Waals surface area contributed by atoms with Gasteiger partial charge < -0.3 is 9.73 Å². The monoisotopic (exact) mass is 440 g/mol. The van der Waals surface area contributed by atoms with Gasteiger partial charge in [-0.1, -0.05) is 29.4 Å². The molecule has 1 amide bonds. The third-order valence-electron chi connectivity index (χ3n) is 4.28. The quantitative estimate of drug-likeness (QED) is 0.465. The maximum Gasteiger partial charge on any atom is 0.264 e. The Morgan fingerprint density at radius 3 is 2.62 bits per heavy atom. The molecular formula is C22H17ClN2O2S2. The molecule has 0 bridgehead atoms. The van der Waals surface area contributed by atoms with Crippen molar-refractivity contribution in [1.29, 1.82) is 0 Å². The van der Waals surface area contributed by atoms with E-state index in [2.05, 4.69) is 17.2 Å². The summed E-state index contributed by atoms with van der Waals surface area (Å²) in [6.45, 7) is 4.10. The van der Waals surface area contributed by atoms with Crippen molar-refractivity contribution >= 4 is 58.0 Å². The molecule has 0 unspecified atom stereocenters. The average Bonchev–Trinajstić information content (AvgIpc) is 3.27. The van der Waals surface area contributed by atoms with Crippen molar-refractivity contribution in [3.8, 4) is 0 Å². The Kier molecular flexibility index (Phi) is 5.85. The smallest absolute Gasteiger partial charge is 0.264 e. The number of benzene rings is 2. The van der Waals surface area contributed by atoms with Crippen molar-refractivity contribution in [2.45, 2.75) is 23.8 Å². The molecule has 29 heavy (non-hydrogen) atoms. The van der Waals surface area contributed by atoms with Gasteiger partial charge in [0.1, 0.15) is 5.76 Å². The van der Waals surface area contributed by atoms with Crippen molar-refractivity contribution in [3.63, 3.8) is 0 Å². The first kappa shape index (κ1) is 19.9. The number of amidine groups is 1. The number of hydrogen-bond donors (Lipinski definition) is 1. The Balaban J connectivity index is 1.48. The van der Waals surface area contributed by atoms with Gasteiger partial charge in [-0.15, -0.1) is 0 Å². The van der Waals surface area contributed by atoms with Crippen LogP contribution in [-0.2, 0) is 4.79 Å². The van der Waals surface area contributed by atoms with Crippen LogP contribution in [0.5, 0.6) is 0 Å². The topological polar surface area (TPSA) is 54.6 Å². The van der Waals surface area contributed by atoms with Gasteiger partial charge in [-0.05, 0) is 85.3 Å². The molecule has 0 atom stereocenters. The summed E-state index contributed by atoms with van der Waals surface area (Å²) < 4.78 is 5.83. The molecule has 7 heteroatoms. The van der Waals surface area contributed by atoms with Crippen LogP contribution in [0.3, 0.4) is 0 Å². The first-order chi connectivity index (χ1) is 14.0. The summed E-state index contributed by atoms with van der Waals surface area (Å²) in [5, 5.41) is 4.81. The maximum atomic E-state index is 12.3. The lowest BCUT2D eigenvalue weighted by Gasteiger charge is -2.01. The van der Waals surface area contributed by atoms with Gasteiger partial charge in [0.2, 0.25) is 0 Å². The molecular weight excluding hydrogens is 424 g/mol. The van der Waals surface area contributed by atoms with Crippen LogP contribution in [0.25, 0.3) is 6.08 Å². The normalized spacial score (nSPS) is 16.6. The van der Waals surface area contributed by atoms with E-state index in [1.807, 2.05) is 61.5 Å². The van der Waals surface area contributed by atoms with E-state index in [-0.39, 0.29) is 5.91 Å². The molecule has 1 saturated heterocycles. The molecule has 1 N–H and O–H groups in total. The second-order valence-electron chi connectivity index (χ2n) is 6.46. The molecule has 1 fully saturated rings. The second kappa shape index (κ2) is 8.53. The van der Waals surface area contributed by atoms with Crippen LogP contribution < -0.4 is 5.32 Å². The summed E-state index contributed by atoms with van der Waals surface area (Å²) in [6, 6.07) is 17.2. The Bertz CT molecular complexity index is 1130. The van der Waals surface area contributed by atoms with Crippen LogP contribution in [0.2, 0.25) is 5.02 Å². The van der Waals surface area contributed by atoms with E-state index < -0.39 is 0 Å². The van der Waals surface area contributed by atoms with E-state index in [1.54, 1.807) is 6.08 Å². The molecule has 0 saturated carbocycles. The molecule has 2 heterocycles. The van der Waals surface area contributed by atoms with E-state index in [1.165, 1.54) is 34.7 Å². The first-order valence-electron chi connectivity index (χ1n) is 8.86. The molecule has 146 valence electrons. The molecule has 2 aromatic carbocycles. The number of aliphatic imine (C=N–C) groups is 1. The summed E-state index contributed by atoms with van der Waals surface area (Å²) in [6.07, 6.45) is 1.73. The standard InChI is InChI=1S/C22H17ClN2O2S2/c1-13-3-6-16(11-14(13)2)24-22-25-21(26)19(29-22)12-17-7-10-20(27-17)28-18-8-4-15(23)5-9-18/h3-12H,1-2H3,(H,24,25,26)/b19-12+. The Labute approximate surface area is 182 Å². The molecule has 0 radical (unpaired) electrons. The summed E-state index contributed by atoms with van der Waals surface area (Å²) in [5.41, 5.74) is 3.19. The zero-order valence-electron chi connectivity index (χ0n) is 15.7. The molecule has 1 aliphatic heterocycles. The average molecular weight is 441 g/mol. The molecule has 3 aromatic rings. The summed E-state index contributed by atoms with van der Waals surface area (Å²) in [4.78, 5) is 18.4.